The van der Waals surface area contributed by atoms with Crippen LogP contribution in [0, 0.1) is 5.92 Å². The van der Waals surface area contributed by atoms with E-state index in [1.54, 1.807) is 0 Å². The van der Waals surface area contributed by atoms with Crippen molar-refractivity contribution in [1.82, 2.24) is 4.57 Å². The summed E-state index contributed by atoms with van der Waals surface area (Å²) >= 11 is 0. The number of hydrogen-bond donors (Lipinski definition) is 1. The Bertz CT molecular complexity index is 504. The molecule has 0 aromatic carbocycles. The second-order valence-electron chi connectivity index (χ2n) is 5.32. The van der Waals surface area contributed by atoms with Crippen molar-refractivity contribution in [2.24, 2.45) is 5.92 Å². The highest BCUT2D eigenvalue weighted by atomic mass is 19.4. The monoisotopic (exact) mass is 289 g/mol. The molecular weight excluding hydrogens is 271 g/mol. The molecule has 2 rings (SSSR count). The topological polar surface area (TPSA) is 42.2 Å². The van der Waals surface area contributed by atoms with Crippen molar-refractivity contribution < 1.29 is 18.3 Å². The number of alkyl halides is 3. The number of aliphatic hydroxyl groups is 1. The summed E-state index contributed by atoms with van der Waals surface area (Å²) in [6.07, 6.45) is -0.810. The first-order valence-corrected chi connectivity index (χ1v) is 6.84. The summed E-state index contributed by atoms with van der Waals surface area (Å²) < 4.78 is 39.3. The Morgan fingerprint density at radius 2 is 1.90 bits per heavy atom. The van der Waals surface area contributed by atoms with Crippen molar-refractivity contribution in [3.8, 4) is 0 Å². The van der Waals surface area contributed by atoms with Gasteiger partial charge in [0.05, 0.1) is 12.6 Å². The maximum absolute atomic E-state index is 12.9. The van der Waals surface area contributed by atoms with E-state index in [2.05, 4.69) is 0 Å². The zero-order valence-corrected chi connectivity index (χ0v) is 11.1. The Kier molecular flexibility index (Phi) is 4.52. The van der Waals surface area contributed by atoms with E-state index < -0.39 is 23.5 Å². The molecule has 0 aliphatic heterocycles. The summed E-state index contributed by atoms with van der Waals surface area (Å²) in [4.78, 5) is 11.7. The zero-order valence-electron chi connectivity index (χ0n) is 11.1. The van der Waals surface area contributed by atoms with Crippen molar-refractivity contribution >= 4 is 0 Å². The summed E-state index contributed by atoms with van der Waals surface area (Å²) in [5.41, 5.74) is -1.73. The third-order valence-corrected chi connectivity index (χ3v) is 3.90. The summed E-state index contributed by atoms with van der Waals surface area (Å²) in [5, 5.41) is 10.1. The zero-order chi connectivity index (χ0) is 14.8. The molecule has 1 aromatic heterocycles. The van der Waals surface area contributed by atoms with Gasteiger partial charge in [0.1, 0.15) is 5.69 Å². The van der Waals surface area contributed by atoms with Crippen LogP contribution < -0.4 is 5.56 Å². The number of aliphatic hydroxyl groups excluding tert-OH is 1. The highest BCUT2D eigenvalue weighted by molar-refractivity contribution is 5.10. The maximum Gasteiger partial charge on any atom is 0.431 e. The lowest BCUT2D eigenvalue weighted by Gasteiger charge is -2.27. The summed E-state index contributed by atoms with van der Waals surface area (Å²) in [7, 11) is 0. The molecule has 1 aliphatic carbocycles. The highest BCUT2D eigenvalue weighted by Gasteiger charge is 2.35. The van der Waals surface area contributed by atoms with Crippen molar-refractivity contribution in [1.29, 1.82) is 0 Å². The van der Waals surface area contributed by atoms with Crippen LogP contribution in [0.5, 0.6) is 0 Å². The van der Waals surface area contributed by atoms with Gasteiger partial charge in [-0.1, -0.05) is 25.3 Å². The van der Waals surface area contributed by atoms with Gasteiger partial charge in [-0.05, 0) is 24.8 Å². The molecule has 1 saturated carbocycles. The van der Waals surface area contributed by atoms with Crippen LogP contribution in [0.3, 0.4) is 0 Å². The number of halogens is 3. The molecule has 1 aliphatic rings. The van der Waals surface area contributed by atoms with E-state index in [1.807, 2.05) is 0 Å². The Balaban J connectivity index is 2.22. The van der Waals surface area contributed by atoms with Crippen LogP contribution in [-0.2, 0) is 12.7 Å². The number of rotatable bonds is 3. The maximum atomic E-state index is 12.9. The Labute approximate surface area is 115 Å². The molecule has 1 aromatic rings. The predicted octanol–water partition coefficient (Wildman–Crippen LogP) is 2.81. The SMILES string of the molecule is O=c1cccc(C(F)(F)F)n1CC(O)C1CCCCC1. The lowest BCUT2D eigenvalue weighted by atomic mass is 9.85. The fourth-order valence-electron chi connectivity index (χ4n) is 2.81. The third-order valence-electron chi connectivity index (χ3n) is 3.90. The van der Waals surface area contributed by atoms with E-state index in [-0.39, 0.29) is 12.5 Å². The molecule has 20 heavy (non-hydrogen) atoms. The average Bonchev–Trinajstić information content (AvgIpc) is 2.40. The summed E-state index contributed by atoms with van der Waals surface area (Å²) in [6, 6.07) is 3.05. The number of hydrogen-bond acceptors (Lipinski definition) is 2. The van der Waals surface area contributed by atoms with E-state index in [0.29, 0.717) is 4.57 Å². The van der Waals surface area contributed by atoms with E-state index >= 15 is 0 Å². The average molecular weight is 289 g/mol. The highest BCUT2D eigenvalue weighted by Crippen LogP contribution is 2.30. The van der Waals surface area contributed by atoms with Gasteiger partial charge in [0, 0.05) is 6.07 Å². The second kappa shape index (κ2) is 5.99. The lowest BCUT2D eigenvalue weighted by Crippen LogP contribution is -2.35. The van der Waals surface area contributed by atoms with Crippen LogP contribution in [-0.4, -0.2) is 15.8 Å². The molecule has 6 heteroatoms. The van der Waals surface area contributed by atoms with Crippen LogP contribution >= 0.6 is 0 Å². The minimum absolute atomic E-state index is 0.0167. The van der Waals surface area contributed by atoms with Crippen molar-refractivity contribution in [2.45, 2.75) is 50.9 Å². The summed E-state index contributed by atoms with van der Waals surface area (Å²) in [5.74, 6) is -0.0167. The van der Waals surface area contributed by atoms with Gasteiger partial charge in [0.25, 0.3) is 5.56 Å². The van der Waals surface area contributed by atoms with Gasteiger partial charge >= 0.3 is 6.18 Å². The van der Waals surface area contributed by atoms with Gasteiger partial charge in [-0.15, -0.1) is 0 Å². The standard InChI is InChI=1S/C14H18F3NO2/c15-14(16,17)12-7-4-8-13(20)18(12)9-11(19)10-5-2-1-3-6-10/h4,7-8,10-11,19H,1-3,5-6,9H2. The first-order chi connectivity index (χ1) is 9.39. The molecule has 112 valence electrons. The second-order valence-corrected chi connectivity index (χ2v) is 5.32. The van der Waals surface area contributed by atoms with Crippen LogP contribution in [0.2, 0.25) is 0 Å². The molecule has 1 heterocycles. The number of nitrogens with zero attached hydrogens (tertiary/aromatic N) is 1. The molecule has 1 fully saturated rings. The minimum Gasteiger partial charge on any atom is -0.391 e. The van der Waals surface area contributed by atoms with E-state index in [1.165, 1.54) is 0 Å². The van der Waals surface area contributed by atoms with E-state index in [0.717, 1.165) is 50.3 Å². The molecule has 1 unspecified atom stereocenters. The van der Waals surface area contributed by atoms with Gasteiger partial charge in [0.15, 0.2) is 0 Å². The molecule has 0 bridgehead atoms. The number of pyridine rings is 1. The predicted molar refractivity (Wildman–Crippen MR) is 68.3 cm³/mol. The molecule has 0 saturated heterocycles. The smallest absolute Gasteiger partial charge is 0.391 e. The van der Waals surface area contributed by atoms with Crippen molar-refractivity contribution in [3.05, 3.63) is 34.2 Å². The molecular formula is C14H18F3NO2. The molecule has 3 nitrogen and oxygen atoms in total. The Morgan fingerprint density at radius 1 is 1.25 bits per heavy atom. The molecule has 1 N–H and O–H groups in total. The van der Waals surface area contributed by atoms with Crippen LogP contribution in [0.1, 0.15) is 37.8 Å². The first kappa shape index (κ1) is 15.1. The van der Waals surface area contributed by atoms with Gasteiger partial charge < -0.3 is 9.67 Å². The molecule has 1 atom stereocenters. The first-order valence-electron chi connectivity index (χ1n) is 6.84. The third kappa shape index (κ3) is 3.42. The largest absolute Gasteiger partial charge is 0.431 e. The van der Waals surface area contributed by atoms with E-state index in [9.17, 15) is 23.1 Å². The van der Waals surface area contributed by atoms with Gasteiger partial charge in [-0.25, -0.2) is 0 Å². The van der Waals surface area contributed by atoms with Crippen molar-refractivity contribution in [3.63, 3.8) is 0 Å². The molecule has 0 spiro atoms. The van der Waals surface area contributed by atoms with Gasteiger partial charge in [-0.2, -0.15) is 13.2 Å². The van der Waals surface area contributed by atoms with Gasteiger partial charge in [-0.3, -0.25) is 4.79 Å². The molecule has 0 amide bonds. The fraction of sp³-hybridized carbons (Fsp3) is 0.643. The lowest BCUT2D eigenvalue weighted by molar-refractivity contribution is -0.145. The fourth-order valence-corrected chi connectivity index (χ4v) is 2.81. The van der Waals surface area contributed by atoms with Crippen LogP contribution in [0.15, 0.2) is 23.0 Å². The van der Waals surface area contributed by atoms with Crippen LogP contribution in [0.25, 0.3) is 0 Å². The van der Waals surface area contributed by atoms with Crippen molar-refractivity contribution in [2.75, 3.05) is 0 Å². The number of aromatic nitrogens is 1. The van der Waals surface area contributed by atoms with Gasteiger partial charge in [0.2, 0.25) is 0 Å². The van der Waals surface area contributed by atoms with Crippen LogP contribution in [0.4, 0.5) is 13.2 Å². The minimum atomic E-state index is -4.59. The quantitative estimate of drug-likeness (QED) is 0.929. The normalized spacial score (nSPS) is 19.0. The summed E-state index contributed by atoms with van der Waals surface area (Å²) in [6.45, 7) is -0.292. The van der Waals surface area contributed by atoms with E-state index in [4.69, 9.17) is 0 Å². The molecule has 0 radical (unpaired) electrons. The Morgan fingerprint density at radius 3 is 2.50 bits per heavy atom. The Hall–Kier alpha value is -1.30.